The van der Waals surface area contributed by atoms with Crippen LogP contribution in [0, 0.1) is 5.82 Å². The quantitative estimate of drug-likeness (QED) is 0.705. The van der Waals surface area contributed by atoms with E-state index in [1.54, 1.807) is 12.3 Å². The van der Waals surface area contributed by atoms with Gasteiger partial charge >= 0.3 is 5.97 Å². The summed E-state index contributed by atoms with van der Waals surface area (Å²) in [5.41, 5.74) is 0.502. The smallest absolute Gasteiger partial charge is 0.339 e. The van der Waals surface area contributed by atoms with Crippen LogP contribution in [-0.4, -0.2) is 20.5 Å². The maximum absolute atomic E-state index is 14.0. The number of hydrogen-bond acceptors (Lipinski definition) is 3. The first-order chi connectivity index (χ1) is 10.5. The Morgan fingerprint density at radius 3 is 2.91 bits per heavy atom. The average molecular weight is 385 g/mol. The molecule has 2 aromatic heterocycles. The third-order valence-corrected chi connectivity index (χ3v) is 3.89. The summed E-state index contributed by atoms with van der Waals surface area (Å²) in [6.07, 6.45) is 4.45. The molecule has 0 aliphatic heterocycles. The molecule has 2 N–H and O–H groups in total. The second-order valence-corrected chi connectivity index (χ2v) is 5.74. The van der Waals surface area contributed by atoms with Crippen LogP contribution in [0.1, 0.15) is 10.4 Å². The van der Waals surface area contributed by atoms with Crippen LogP contribution in [0.15, 0.2) is 41.3 Å². The molecule has 2 heterocycles. The summed E-state index contributed by atoms with van der Waals surface area (Å²) in [5.74, 6) is -1.72. The zero-order chi connectivity index (χ0) is 15.9. The van der Waals surface area contributed by atoms with Crippen molar-refractivity contribution in [3.63, 3.8) is 0 Å². The number of hydrogen-bond donors (Lipinski definition) is 2. The number of carbonyl (C=O) groups is 1. The molecule has 0 bridgehead atoms. The minimum atomic E-state index is -1.18. The molecule has 3 rings (SSSR count). The van der Waals surface area contributed by atoms with Crippen LogP contribution in [0.5, 0.6) is 0 Å². The van der Waals surface area contributed by atoms with Crippen molar-refractivity contribution in [3.8, 4) is 0 Å². The summed E-state index contributed by atoms with van der Waals surface area (Å²) >= 11 is 9.38. The number of pyridine rings is 1. The molecule has 0 saturated heterocycles. The topological polar surface area (TPSA) is 66.6 Å². The van der Waals surface area contributed by atoms with Gasteiger partial charge in [0.05, 0.1) is 11.4 Å². The first-order valence-electron chi connectivity index (χ1n) is 6.08. The van der Waals surface area contributed by atoms with Crippen molar-refractivity contribution in [2.24, 2.45) is 0 Å². The van der Waals surface area contributed by atoms with Crippen LogP contribution in [0.4, 0.5) is 15.8 Å². The SMILES string of the molecule is O=C(O)c1cn2ccnc2c(Cl)c1Nc1ccc(Br)cc1F. The second-order valence-electron chi connectivity index (χ2n) is 4.44. The van der Waals surface area contributed by atoms with Crippen molar-refractivity contribution in [1.29, 1.82) is 0 Å². The number of imidazole rings is 1. The van der Waals surface area contributed by atoms with Gasteiger partial charge in [0, 0.05) is 23.1 Å². The Morgan fingerprint density at radius 2 is 2.23 bits per heavy atom. The Balaban J connectivity index is 2.18. The van der Waals surface area contributed by atoms with Crippen molar-refractivity contribution in [1.82, 2.24) is 9.38 Å². The van der Waals surface area contributed by atoms with Gasteiger partial charge in [0.2, 0.25) is 0 Å². The van der Waals surface area contributed by atoms with E-state index >= 15 is 0 Å². The lowest BCUT2D eigenvalue weighted by Crippen LogP contribution is -2.07. The molecule has 5 nitrogen and oxygen atoms in total. The number of benzene rings is 1. The zero-order valence-electron chi connectivity index (χ0n) is 10.8. The largest absolute Gasteiger partial charge is 0.478 e. The fourth-order valence-corrected chi connectivity index (χ4v) is 2.66. The highest BCUT2D eigenvalue weighted by atomic mass is 79.9. The van der Waals surface area contributed by atoms with Crippen molar-refractivity contribution in [3.05, 3.63) is 57.7 Å². The van der Waals surface area contributed by atoms with Crippen LogP contribution in [0.25, 0.3) is 5.65 Å². The number of nitrogens with zero attached hydrogens (tertiary/aromatic N) is 2. The second kappa shape index (κ2) is 5.58. The summed E-state index contributed by atoms with van der Waals surface area (Å²) in [6.45, 7) is 0. The van der Waals surface area contributed by atoms with E-state index in [9.17, 15) is 14.3 Å². The molecule has 0 fully saturated rings. The summed E-state index contributed by atoms with van der Waals surface area (Å²) in [7, 11) is 0. The molecular formula is C14H8BrClFN3O2. The van der Waals surface area contributed by atoms with Crippen LogP contribution in [0.3, 0.4) is 0 Å². The average Bonchev–Trinajstić information content (AvgIpc) is 2.92. The van der Waals surface area contributed by atoms with Crippen LogP contribution in [0.2, 0.25) is 5.02 Å². The fourth-order valence-electron chi connectivity index (χ4n) is 2.03. The van der Waals surface area contributed by atoms with E-state index in [-0.39, 0.29) is 22.0 Å². The summed E-state index contributed by atoms with van der Waals surface area (Å²) in [4.78, 5) is 15.5. The van der Waals surface area contributed by atoms with Gasteiger partial charge in [-0.1, -0.05) is 27.5 Å². The molecule has 0 amide bonds. The Labute approximate surface area is 137 Å². The van der Waals surface area contributed by atoms with E-state index in [2.05, 4.69) is 26.2 Å². The predicted octanol–water partition coefficient (Wildman–Crippen LogP) is 4.33. The standard InChI is InChI=1S/C14H8BrClFN3O2/c15-7-1-2-10(9(17)5-7)19-12-8(14(21)22)6-20-4-3-18-13(20)11(12)16/h1-6,19H,(H,21,22). The van der Waals surface area contributed by atoms with E-state index < -0.39 is 11.8 Å². The fraction of sp³-hybridized carbons (Fsp3) is 0. The van der Waals surface area contributed by atoms with E-state index in [0.29, 0.717) is 10.1 Å². The summed E-state index contributed by atoms with van der Waals surface area (Å²) in [5, 5.41) is 12.2. The number of aromatic carboxylic acids is 1. The van der Waals surface area contributed by atoms with Crippen molar-refractivity contribution >= 4 is 50.5 Å². The lowest BCUT2D eigenvalue weighted by Gasteiger charge is -2.13. The first-order valence-corrected chi connectivity index (χ1v) is 7.25. The molecule has 0 radical (unpaired) electrons. The van der Waals surface area contributed by atoms with E-state index in [1.807, 2.05) is 0 Å². The molecular weight excluding hydrogens is 377 g/mol. The molecule has 0 saturated carbocycles. The Hall–Kier alpha value is -2.12. The van der Waals surface area contributed by atoms with Crippen molar-refractivity contribution in [2.45, 2.75) is 0 Å². The third kappa shape index (κ3) is 2.53. The third-order valence-electron chi connectivity index (χ3n) is 3.04. The molecule has 0 spiro atoms. The number of fused-ring (bicyclic) bond motifs is 1. The highest BCUT2D eigenvalue weighted by Crippen LogP contribution is 2.33. The first kappa shape index (κ1) is 14.8. The van der Waals surface area contributed by atoms with Gasteiger partial charge < -0.3 is 14.8 Å². The molecule has 112 valence electrons. The van der Waals surface area contributed by atoms with Gasteiger partial charge in [-0.2, -0.15) is 0 Å². The van der Waals surface area contributed by atoms with Gasteiger partial charge in [-0.15, -0.1) is 0 Å². The summed E-state index contributed by atoms with van der Waals surface area (Å²) in [6, 6.07) is 4.38. The predicted molar refractivity (Wildman–Crippen MR) is 84.5 cm³/mol. The summed E-state index contributed by atoms with van der Waals surface area (Å²) < 4.78 is 16.0. The van der Waals surface area contributed by atoms with Gasteiger partial charge in [-0.25, -0.2) is 14.2 Å². The molecule has 22 heavy (non-hydrogen) atoms. The van der Waals surface area contributed by atoms with E-state index in [4.69, 9.17) is 11.6 Å². The highest BCUT2D eigenvalue weighted by Gasteiger charge is 2.19. The Morgan fingerprint density at radius 1 is 1.45 bits per heavy atom. The number of nitrogens with one attached hydrogen (secondary N) is 1. The molecule has 0 aliphatic rings. The lowest BCUT2D eigenvalue weighted by molar-refractivity contribution is 0.0697. The van der Waals surface area contributed by atoms with Crippen molar-refractivity contribution < 1.29 is 14.3 Å². The van der Waals surface area contributed by atoms with Gasteiger partial charge in [0.1, 0.15) is 16.4 Å². The van der Waals surface area contributed by atoms with Gasteiger partial charge in [-0.3, -0.25) is 0 Å². The lowest BCUT2D eigenvalue weighted by atomic mass is 10.2. The maximum Gasteiger partial charge on any atom is 0.339 e. The molecule has 1 aromatic carbocycles. The van der Waals surface area contributed by atoms with Crippen LogP contribution < -0.4 is 5.32 Å². The highest BCUT2D eigenvalue weighted by molar-refractivity contribution is 9.10. The number of halogens is 3. The molecule has 0 unspecified atom stereocenters. The minimum absolute atomic E-state index is 0.0854. The molecule has 3 aromatic rings. The van der Waals surface area contributed by atoms with E-state index in [0.717, 1.165) is 0 Å². The number of rotatable bonds is 3. The monoisotopic (exact) mass is 383 g/mol. The Bertz CT molecular complexity index is 897. The number of anilines is 2. The maximum atomic E-state index is 14.0. The minimum Gasteiger partial charge on any atom is -0.478 e. The van der Waals surface area contributed by atoms with Gasteiger partial charge in [0.25, 0.3) is 0 Å². The van der Waals surface area contributed by atoms with Crippen LogP contribution >= 0.6 is 27.5 Å². The molecule has 8 heteroatoms. The normalized spacial score (nSPS) is 10.9. The van der Waals surface area contributed by atoms with E-state index in [1.165, 1.54) is 28.9 Å². The molecule has 0 aliphatic carbocycles. The number of carboxylic acid groups (broad SMARTS) is 1. The number of carboxylic acids is 1. The number of aromatic nitrogens is 2. The Kier molecular flexibility index (Phi) is 3.76. The van der Waals surface area contributed by atoms with Gasteiger partial charge in [0.15, 0.2) is 5.65 Å². The van der Waals surface area contributed by atoms with Crippen LogP contribution in [-0.2, 0) is 0 Å². The van der Waals surface area contributed by atoms with Crippen molar-refractivity contribution in [2.75, 3.05) is 5.32 Å². The molecule has 0 atom stereocenters. The zero-order valence-corrected chi connectivity index (χ0v) is 13.2. The van der Waals surface area contributed by atoms with Gasteiger partial charge in [-0.05, 0) is 18.2 Å².